The molecule has 0 unspecified atom stereocenters. The van der Waals surface area contributed by atoms with E-state index in [0.29, 0.717) is 16.9 Å². The van der Waals surface area contributed by atoms with Gasteiger partial charge in [-0.2, -0.15) is 5.26 Å². The minimum atomic E-state index is -3.47. The molecular formula is C12H10ClNO3S. The van der Waals surface area contributed by atoms with Gasteiger partial charge >= 0.3 is 0 Å². The number of sulfone groups is 1. The van der Waals surface area contributed by atoms with Gasteiger partial charge in [-0.1, -0.05) is 23.7 Å². The topological polar surface area (TPSA) is 75.0 Å². The molecular weight excluding hydrogens is 274 g/mol. The van der Waals surface area contributed by atoms with Gasteiger partial charge in [0.2, 0.25) is 0 Å². The second kappa shape index (κ2) is 4.08. The number of carbonyl (C=O) groups excluding carboxylic acids is 1. The summed E-state index contributed by atoms with van der Waals surface area (Å²) in [6.07, 6.45) is 1.47. The second-order valence-corrected chi connectivity index (χ2v) is 7.05. The van der Waals surface area contributed by atoms with Crippen molar-refractivity contribution in [2.24, 2.45) is 5.41 Å². The monoisotopic (exact) mass is 283 g/mol. The summed E-state index contributed by atoms with van der Waals surface area (Å²) in [5.41, 5.74) is -0.871. The van der Waals surface area contributed by atoms with Crippen molar-refractivity contribution in [1.29, 1.82) is 5.26 Å². The second-order valence-electron chi connectivity index (χ2n) is 4.45. The van der Waals surface area contributed by atoms with Crippen LogP contribution in [0, 0.1) is 16.7 Å². The first-order valence-electron chi connectivity index (χ1n) is 5.18. The molecule has 1 aromatic carbocycles. The largest absolute Gasteiger partial charge is 0.302 e. The number of rotatable bonds is 3. The average molecular weight is 284 g/mol. The van der Waals surface area contributed by atoms with Gasteiger partial charge in [-0.25, -0.2) is 8.42 Å². The Morgan fingerprint density at radius 2 is 2.17 bits per heavy atom. The van der Waals surface area contributed by atoms with Gasteiger partial charge in [-0.15, -0.1) is 0 Å². The summed E-state index contributed by atoms with van der Waals surface area (Å²) in [4.78, 5) is 11.1. The maximum absolute atomic E-state index is 11.7. The third-order valence-corrected chi connectivity index (χ3v) is 5.06. The SMILES string of the molecule is CS(=O)(=O)[C@H]1[C@H](c2cccc(Cl)c2)[C@]1(C#N)C=O. The molecule has 6 heteroatoms. The summed E-state index contributed by atoms with van der Waals surface area (Å²) in [5.74, 6) is -0.631. The number of nitriles is 1. The summed E-state index contributed by atoms with van der Waals surface area (Å²) in [6, 6.07) is 8.42. The number of carbonyl (C=O) groups is 1. The molecule has 0 N–H and O–H groups in total. The third kappa shape index (κ3) is 1.82. The van der Waals surface area contributed by atoms with E-state index in [2.05, 4.69) is 0 Å². The summed E-state index contributed by atoms with van der Waals surface area (Å²) in [6.45, 7) is 0. The molecule has 0 aliphatic heterocycles. The van der Waals surface area contributed by atoms with Gasteiger partial charge in [0.1, 0.15) is 11.7 Å². The number of hydrogen-bond donors (Lipinski definition) is 0. The molecule has 3 atom stereocenters. The van der Waals surface area contributed by atoms with Crippen LogP contribution in [0.15, 0.2) is 24.3 Å². The van der Waals surface area contributed by atoms with Gasteiger partial charge in [-0.3, -0.25) is 0 Å². The molecule has 4 nitrogen and oxygen atoms in total. The van der Waals surface area contributed by atoms with E-state index >= 15 is 0 Å². The Bertz CT molecular complexity index is 650. The van der Waals surface area contributed by atoms with Crippen LogP contribution in [0.25, 0.3) is 0 Å². The molecule has 0 aromatic heterocycles. The lowest BCUT2D eigenvalue weighted by Crippen LogP contribution is -2.14. The van der Waals surface area contributed by atoms with Crippen LogP contribution in [-0.2, 0) is 14.6 Å². The van der Waals surface area contributed by atoms with E-state index in [0.717, 1.165) is 6.26 Å². The van der Waals surface area contributed by atoms with Gasteiger partial charge < -0.3 is 4.79 Å². The molecule has 1 aliphatic carbocycles. The van der Waals surface area contributed by atoms with Gasteiger partial charge in [0.05, 0.1) is 11.3 Å². The molecule has 2 rings (SSSR count). The van der Waals surface area contributed by atoms with E-state index in [1.807, 2.05) is 6.07 Å². The quantitative estimate of drug-likeness (QED) is 0.789. The fourth-order valence-corrected chi connectivity index (χ4v) is 4.39. The van der Waals surface area contributed by atoms with Crippen LogP contribution in [0.5, 0.6) is 0 Å². The van der Waals surface area contributed by atoms with Gasteiger partial charge in [-0.05, 0) is 17.7 Å². The van der Waals surface area contributed by atoms with Crippen LogP contribution in [0.3, 0.4) is 0 Å². The molecule has 1 fully saturated rings. The highest BCUT2D eigenvalue weighted by atomic mass is 35.5. The third-order valence-electron chi connectivity index (χ3n) is 3.24. The highest BCUT2D eigenvalue weighted by molar-refractivity contribution is 7.91. The normalized spacial score (nSPS) is 30.5. The molecule has 0 amide bonds. The number of halogens is 1. The standard InChI is InChI=1S/C12H10ClNO3S/c1-18(16,17)11-10(12(11,6-14)7-15)8-3-2-4-9(13)5-8/h2-5,7,10-11H,1H3/t10-,11-,12-/m0/s1. The molecule has 1 aromatic rings. The Balaban J connectivity index is 2.52. The molecule has 18 heavy (non-hydrogen) atoms. The first-order valence-corrected chi connectivity index (χ1v) is 7.52. The zero-order valence-electron chi connectivity index (χ0n) is 9.50. The molecule has 0 heterocycles. The smallest absolute Gasteiger partial charge is 0.153 e. The van der Waals surface area contributed by atoms with E-state index in [9.17, 15) is 13.2 Å². The lowest BCUT2D eigenvalue weighted by Gasteiger charge is -2.00. The Hall–Kier alpha value is -1.38. The minimum absolute atomic E-state index is 0.435. The predicted molar refractivity (Wildman–Crippen MR) is 66.9 cm³/mol. The maximum atomic E-state index is 11.7. The van der Waals surface area contributed by atoms with Crippen LogP contribution < -0.4 is 0 Å². The van der Waals surface area contributed by atoms with E-state index in [1.165, 1.54) is 0 Å². The predicted octanol–water partition coefficient (Wildman–Crippen LogP) is 1.56. The minimum Gasteiger partial charge on any atom is -0.302 e. The van der Waals surface area contributed by atoms with Crippen LogP contribution in [-0.4, -0.2) is 26.2 Å². The van der Waals surface area contributed by atoms with Gasteiger partial charge in [0.15, 0.2) is 9.84 Å². The van der Waals surface area contributed by atoms with Crippen molar-refractivity contribution in [3.05, 3.63) is 34.9 Å². The fourth-order valence-electron chi connectivity index (χ4n) is 2.43. The highest BCUT2D eigenvalue weighted by Crippen LogP contribution is 2.61. The van der Waals surface area contributed by atoms with Crippen LogP contribution in [0.4, 0.5) is 0 Å². The lowest BCUT2D eigenvalue weighted by atomic mass is 10.0. The van der Waals surface area contributed by atoms with E-state index < -0.39 is 26.4 Å². The Kier molecular flexibility index (Phi) is 2.96. The summed E-state index contributed by atoms with van der Waals surface area (Å²) in [7, 11) is -3.47. The molecule has 0 saturated heterocycles. The van der Waals surface area contributed by atoms with Gasteiger partial charge in [0.25, 0.3) is 0 Å². The van der Waals surface area contributed by atoms with Crippen LogP contribution >= 0.6 is 11.6 Å². The number of hydrogen-bond acceptors (Lipinski definition) is 4. The zero-order chi connectivity index (χ0) is 13.6. The van der Waals surface area contributed by atoms with Crippen molar-refractivity contribution in [1.82, 2.24) is 0 Å². The number of nitrogens with zero attached hydrogens (tertiary/aromatic N) is 1. The molecule has 94 valence electrons. The van der Waals surface area contributed by atoms with Crippen LogP contribution in [0.2, 0.25) is 5.02 Å². The Morgan fingerprint density at radius 3 is 2.56 bits per heavy atom. The zero-order valence-corrected chi connectivity index (χ0v) is 11.1. The van der Waals surface area contributed by atoms with E-state index in [1.54, 1.807) is 24.3 Å². The molecule has 1 saturated carbocycles. The average Bonchev–Trinajstić information content (AvgIpc) is 2.98. The van der Waals surface area contributed by atoms with Crippen molar-refractivity contribution in [2.45, 2.75) is 11.2 Å². The van der Waals surface area contributed by atoms with E-state index in [-0.39, 0.29) is 0 Å². The van der Waals surface area contributed by atoms with Crippen LogP contribution in [0.1, 0.15) is 11.5 Å². The molecule has 0 radical (unpaired) electrons. The Labute approximate surface area is 110 Å². The van der Waals surface area contributed by atoms with Crippen molar-refractivity contribution < 1.29 is 13.2 Å². The molecule has 1 aliphatic rings. The van der Waals surface area contributed by atoms with Gasteiger partial charge in [0, 0.05) is 17.2 Å². The number of aldehydes is 1. The lowest BCUT2D eigenvalue weighted by molar-refractivity contribution is -0.110. The highest BCUT2D eigenvalue weighted by Gasteiger charge is 2.71. The van der Waals surface area contributed by atoms with Crippen molar-refractivity contribution in [3.63, 3.8) is 0 Å². The first kappa shape index (κ1) is 13.1. The van der Waals surface area contributed by atoms with Crippen molar-refractivity contribution >= 4 is 27.7 Å². The maximum Gasteiger partial charge on any atom is 0.153 e. The molecule has 0 bridgehead atoms. The molecule has 0 spiro atoms. The fraction of sp³-hybridized carbons (Fsp3) is 0.333. The van der Waals surface area contributed by atoms with E-state index in [4.69, 9.17) is 16.9 Å². The first-order chi connectivity index (χ1) is 8.36. The summed E-state index contributed by atoms with van der Waals surface area (Å²) >= 11 is 5.84. The number of benzene rings is 1. The van der Waals surface area contributed by atoms with Crippen molar-refractivity contribution in [2.75, 3.05) is 6.26 Å². The van der Waals surface area contributed by atoms with Crippen molar-refractivity contribution in [3.8, 4) is 6.07 Å². The Morgan fingerprint density at radius 1 is 1.50 bits per heavy atom. The summed E-state index contributed by atoms with van der Waals surface area (Å²) in [5, 5.41) is 8.58. The summed E-state index contributed by atoms with van der Waals surface area (Å²) < 4.78 is 23.3.